The second-order valence-electron chi connectivity index (χ2n) is 6.01. The van der Waals surface area contributed by atoms with Crippen molar-refractivity contribution in [2.24, 2.45) is 0 Å². The second kappa shape index (κ2) is 6.62. The third-order valence-corrected chi connectivity index (χ3v) is 4.01. The summed E-state index contributed by atoms with van der Waals surface area (Å²) in [5.41, 5.74) is 6.15. The van der Waals surface area contributed by atoms with Gasteiger partial charge in [0, 0.05) is 12.6 Å². The van der Waals surface area contributed by atoms with Crippen LogP contribution in [0.2, 0.25) is 0 Å². The highest BCUT2D eigenvalue weighted by Gasteiger charge is 2.09. The molecule has 0 aliphatic carbocycles. The zero-order chi connectivity index (χ0) is 18.0. The molecule has 0 aliphatic rings. The summed E-state index contributed by atoms with van der Waals surface area (Å²) in [5, 5.41) is 12.2. The summed E-state index contributed by atoms with van der Waals surface area (Å²) in [6.45, 7) is 5.56. The first-order valence-corrected chi connectivity index (χ1v) is 7.93. The molecule has 0 atom stereocenters. The van der Waals surface area contributed by atoms with Gasteiger partial charge in [-0.05, 0) is 60.9 Å². The van der Waals surface area contributed by atoms with Gasteiger partial charge in [-0.2, -0.15) is 5.26 Å². The maximum absolute atomic E-state index is 11.1. The molecule has 0 radical (unpaired) electrons. The van der Waals surface area contributed by atoms with E-state index in [2.05, 4.69) is 21.4 Å². The molecule has 2 aromatic carbocycles. The Bertz CT molecular complexity index is 981. The molecule has 124 valence electrons. The van der Waals surface area contributed by atoms with Gasteiger partial charge in [0.25, 0.3) is 0 Å². The first-order chi connectivity index (χ1) is 12.0. The summed E-state index contributed by atoms with van der Waals surface area (Å²) in [4.78, 5) is 18.8. The number of imidazole rings is 1. The minimum absolute atomic E-state index is 0.117. The van der Waals surface area contributed by atoms with E-state index in [0.717, 1.165) is 22.3 Å². The number of carbonyl (C=O) groups excluding carboxylic acids is 1. The number of H-pyrrole nitrogens is 1. The molecule has 0 saturated carbocycles. The smallest absolute Gasteiger partial charge is 0.221 e. The Balaban J connectivity index is 1.95. The summed E-state index contributed by atoms with van der Waals surface area (Å²) in [6, 6.07) is 13.5. The number of aromatic amines is 1. The van der Waals surface area contributed by atoms with Crippen molar-refractivity contribution in [3.05, 3.63) is 58.9 Å². The van der Waals surface area contributed by atoms with Crippen LogP contribution < -0.4 is 5.32 Å². The van der Waals surface area contributed by atoms with E-state index < -0.39 is 0 Å². The van der Waals surface area contributed by atoms with Crippen molar-refractivity contribution in [1.82, 2.24) is 9.97 Å². The quantitative estimate of drug-likeness (QED) is 0.706. The fraction of sp³-hybridized carbons (Fsp3) is 0.150. The summed E-state index contributed by atoms with van der Waals surface area (Å²) >= 11 is 0. The third kappa shape index (κ3) is 3.59. The van der Waals surface area contributed by atoms with E-state index in [0.29, 0.717) is 11.4 Å². The van der Waals surface area contributed by atoms with E-state index in [9.17, 15) is 10.1 Å². The number of amides is 1. The van der Waals surface area contributed by atoms with Crippen LogP contribution in [0.5, 0.6) is 0 Å². The Hall–Kier alpha value is -3.39. The lowest BCUT2D eigenvalue weighted by Crippen LogP contribution is -2.05. The number of aromatic nitrogens is 2. The summed E-state index contributed by atoms with van der Waals surface area (Å²) in [6.07, 6.45) is 1.77. The van der Waals surface area contributed by atoms with E-state index in [-0.39, 0.29) is 5.91 Å². The van der Waals surface area contributed by atoms with Gasteiger partial charge in [0.15, 0.2) is 0 Å². The van der Waals surface area contributed by atoms with Gasteiger partial charge in [-0.1, -0.05) is 12.1 Å². The van der Waals surface area contributed by atoms with Gasteiger partial charge in [0.1, 0.15) is 11.9 Å². The standard InChI is InChI=1S/C20H18N4O/c1-12-8-18-19(9-13(12)2)24-20(23-18)16(11-21)10-15-4-6-17(7-5-15)22-14(3)25/h4-10H,1-3H3,(H,22,25)(H,23,24)/b16-10+. The van der Waals surface area contributed by atoms with Gasteiger partial charge >= 0.3 is 0 Å². The number of rotatable bonds is 3. The average molecular weight is 330 g/mol. The van der Waals surface area contributed by atoms with Crippen molar-refractivity contribution in [3.63, 3.8) is 0 Å². The molecule has 3 aromatic rings. The van der Waals surface area contributed by atoms with Gasteiger partial charge in [-0.25, -0.2) is 4.98 Å². The number of hydrogen-bond donors (Lipinski definition) is 2. The number of anilines is 1. The number of carbonyl (C=O) groups is 1. The first-order valence-electron chi connectivity index (χ1n) is 7.93. The topological polar surface area (TPSA) is 81.6 Å². The van der Waals surface area contributed by atoms with Crippen LogP contribution in [0, 0.1) is 25.2 Å². The van der Waals surface area contributed by atoms with Crippen molar-refractivity contribution in [2.75, 3.05) is 5.32 Å². The molecule has 0 bridgehead atoms. The molecule has 0 unspecified atom stereocenters. The number of allylic oxidation sites excluding steroid dienone is 1. The van der Waals surface area contributed by atoms with Gasteiger partial charge in [-0.15, -0.1) is 0 Å². The number of aryl methyl sites for hydroxylation is 2. The number of nitrogens with one attached hydrogen (secondary N) is 2. The van der Waals surface area contributed by atoms with Crippen LogP contribution in [0.25, 0.3) is 22.7 Å². The molecular formula is C20H18N4O. The lowest BCUT2D eigenvalue weighted by atomic mass is 10.1. The Morgan fingerprint density at radius 1 is 1.20 bits per heavy atom. The van der Waals surface area contributed by atoms with E-state index in [1.165, 1.54) is 18.1 Å². The molecular weight excluding hydrogens is 312 g/mol. The predicted octanol–water partition coefficient (Wildman–Crippen LogP) is 4.20. The Kier molecular flexibility index (Phi) is 4.36. The SMILES string of the molecule is CC(=O)Nc1ccc(/C=C(\C#N)c2nc3cc(C)c(C)cc3[nH]2)cc1. The summed E-state index contributed by atoms with van der Waals surface area (Å²) in [5.74, 6) is 0.433. The third-order valence-electron chi connectivity index (χ3n) is 4.01. The highest BCUT2D eigenvalue weighted by Crippen LogP contribution is 2.22. The van der Waals surface area contributed by atoms with Gasteiger partial charge in [0.05, 0.1) is 16.6 Å². The molecule has 0 saturated heterocycles. The lowest BCUT2D eigenvalue weighted by molar-refractivity contribution is -0.114. The number of nitriles is 1. The van der Waals surface area contributed by atoms with Crippen LogP contribution in [0.4, 0.5) is 5.69 Å². The van der Waals surface area contributed by atoms with Crippen molar-refractivity contribution in [1.29, 1.82) is 5.26 Å². The average Bonchev–Trinajstić information content (AvgIpc) is 2.96. The van der Waals surface area contributed by atoms with Gasteiger partial charge < -0.3 is 10.3 Å². The zero-order valence-corrected chi connectivity index (χ0v) is 14.3. The van der Waals surface area contributed by atoms with Crippen LogP contribution in [0.1, 0.15) is 29.4 Å². The molecule has 0 aliphatic heterocycles. The summed E-state index contributed by atoms with van der Waals surface area (Å²) in [7, 11) is 0. The highest BCUT2D eigenvalue weighted by atomic mass is 16.1. The van der Waals surface area contributed by atoms with Crippen LogP contribution in [0.15, 0.2) is 36.4 Å². The van der Waals surface area contributed by atoms with Gasteiger partial charge in [0.2, 0.25) is 5.91 Å². The molecule has 1 heterocycles. The van der Waals surface area contributed by atoms with Crippen molar-refractivity contribution >= 4 is 34.3 Å². The minimum atomic E-state index is -0.117. The van der Waals surface area contributed by atoms with Crippen LogP contribution in [-0.4, -0.2) is 15.9 Å². The Morgan fingerprint density at radius 3 is 2.52 bits per heavy atom. The number of nitrogens with zero attached hydrogens (tertiary/aromatic N) is 2. The molecule has 3 rings (SSSR count). The Morgan fingerprint density at radius 2 is 1.88 bits per heavy atom. The van der Waals surface area contributed by atoms with E-state index in [1.54, 1.807) is 18.2 Å². The Labute approximate surface area is 146 Å². The fourth-order valence-electron chi connectivity index (χ4n) is 2.58. The first kappa shape index (κ1) is 16.5. The maximum Gasteiger partial charge on any atom is 0.221 e. The van der Waals surface area contributed by atoms with Crippen LogP contribution in [-0.2, 0) is 4.79 Å². The maximum atomic E-state index is 11.1. The number of benzene rings is 2. The number of fused-ring (bicyclic) bond motifs is 1. The largest absolute Gasteiger partial charge is 0.337 e. The molecule has 2 N–H and O–H groups in total. The van der Waals surface area contributed by atoms with Crippen molar-refractivity contribution in [2.45, 2.75) is 20.8 Å². The molecule has 25 heavy (non-hydrogen) atoms. The molecule has 1 aromatic heterocycles. The van der Waals surface area contributed by atoms with Crippen LogP contribution >= 0.6 is 0 Å². The lowest BCUT2D eigenvalue weighted by Gasteiger charge is -2.02. The van der Waals surface area contributed by atoms with E-state index in [4.69, 9.17) is 0 Å². The highest BCUT2D eigenvalue weighted by molar-refractivity contribution is 5.91. The molecule has 5 heteroatoms. The monoisotopic (exact) mass is 330 g/mol. The number of hydrogen-bond acceptors (Lipinski definition) is 3. The van der Waals surface area contributed by atoms with Crippen LogP contribution in [0.3, 0.4) is 0 Å². The predicted molar refractivity (Wildman–Crippen MR) is 99.8 cm³/mol. The fourth-order valence-corrected chi connectivity index (χ4v) is 2.58. The summed E-state index contributed by atoms with van der Waals surface area (Å²) < 4.78 is 0. The zero-order valence-electron chi connectivity index (χ0n) is 14.3. The van der Waals surface area contributed by atoms with E-state index in [1.807, 2.05) is 38.1 Å². The van der Waals surface area contributed by atoms with Gasteiger partial charge in [-0.3, -0.25) is 4.79 Å². The molecule has 1 amide bonds. The van der Waals surface area contributed by atoms with Crippen molar-refractivity contribution < 1.29 is 4.79 Å². The van der Waals surface area contributed by atoms with Crippen molar-refractivity contribution in [3.8, 4) is 6.07 Å². The minimum Gasteiger partial charge on any atom is -0.337 e. The normalized spacial score (nSPS) is 11.4. The molecule has 0 spiro atoms. The second-order valence-corrected chi connectivity index (χ2v) is 6.01. The van der Waals surface area contributed by atoms with E-state index >= 15 is 0 Å². The molecule has 5 nitrogen and oxygen atoms in total. The molecule has 0 fully saturated rings.